The molecule has 2 aliphatic rings. The average molecular weight is 366 g/mol. The van der Waals surface area contributed by atoms with Gasteiger partial charge in [0, 0.05) is 24.7 Å². The molecule has 134 valence electrons. The summed E-state index contributed by atoms with van der Waals surface area (Å²) >= 11 is 6.00. The Morgan fingerprint density at radius 2 is 2.00 bits per heavy atom. The Labute approximate surface area is 150 Å². The molecule has 0 radical (unpaired) electrons. The van der Waals surface area contributed by atoms with Crippen LogP contribution < -0.4 is 10.1 Å². The van der Waals surface area contributed by atoms with E-state index in [4.69, 9.17) is 16.3 Å². The number of methoxy groups -OCH3 is 1. The molecule has 1 aromatic carbocycles. The predicted molar refractivity (Wildman–Crippen MR) is 91.8 cm³/mol. The van der Waals surface area contributed by atoms with Crippen LogP contribution in [-0.4, -0.2) is 59.9 Å². The molecule has 3 rings (SSSR count). The summed E-state index contributed by atoms with van der Waals surface area (Å²) in [5.41, 5.74) is -0.495. The van der Waals surface area contributed by atoms with Crippen molar-refractivity contribution in [2.75, 3.05) is 26.7 Å². The molecule has 4 amide bonds. The van der Waals surface area contributed by atoms with E-state index in [9.17, 15) is 14.4 Å². The fourth-order valence-corrected chi connectivity index (χ4v) is 3.58. The molecular formula is C17H20ClN3O4. The van der Waals surface area contributed by atoms with Crippen molar-refractivity contribution in [3.05, 3.63) is 28.8 Å². The molecule has 0 unspecified atom stereocenters. The molecule has 8 heteroatoms. The molecule has 0 atom stereocenters. The van der Waals surface area contributed by atoms with Crippen LogP contribution in [0.3, 0.4) is 0 Å². The minimum Gasteiger partial charge on any atom is -0.496 e. The number of amides is 4. The van der Waals surface area contributed by atoms with Crippen molar-refractivity contribution in [3.8, 4) is 5.75 Å². The molecule has 2 saturated heterocycles. The van der Waals surface area contributed by atoms with Gasteiger partial charge in [-0.05, 0) is 38.0 Å². The molecule has 2 fully saturated rings. The molecule has 2 aliphatic heterocycles. The van der Waals surface area contributed by atoms with Crippen molar-refractivity contribution in [1.82, 2.24) is 15.1 Å². The van der Waals surface area contributed by atoms with Gasteiger partial charge in [0.15, 0.2) is 0 Å². The number of rotatable bonds is 3. The fourth-order valence-electron chi connectivity index (χ4n) is 3.41. The molecule has 7 nitrogen and oxygen atoms in total. The Morgan fingerprint density at radius 3 is 2.56 bits per heavy atom. The summed E-state index contributed by atoms with van der Waals surface area (Å²) in [7, 11) is 1.50. The van der Waals surface area contributed by atoms with Crippen molar-refractivity contribution < 1.29 is 19.1 Å². The molecule has 1 spiro atoms. The zero-order valence-electron chi connectivity index (χ0n) is 14.2. The molecule has 0 saturated carbocycles. The summed E-state index contributed by atoms with van der Waals surface area (Å²) in [6.07, 6.45) is 0.783. The van der Waals surface area contributed by atoms with Gasteiger partial charge in [0.05, 0.1) is 12.7 Å². The van der Waals surface area contributed by atoms with Crippen LogP contribution >= 0.6 is 11.6 Å². The van der Waals surface area contributed by atoms with Gasteiger partial charge in [-0.1, -0.05) is 11.6 Å². The van der Waals surface area contributed by atoms with Gasteiger partial charge in [0.2, 0.25) is 0 Å². The predicted octanol–water partition coefficient (Wildman–Crippen LogP) is 1.90. The first-order chi connectivity index (χ1) is 11.9. The van der Waals surface area contributed by atoms with Gasteiger partial charge in [-0.25, -0.2) is 4.79 Å². The SMILES string of the molecule is CCN1C(=O)NC2(CCN(C(=O)c3cc(Cl)ccc3OC)CC2)C1=O. The van der Waals surface area contributed by atoms with Crippen molar-refractivity contribution in [2.45, 2.75) is 25.3 Å². The summed E-state index contributed by atoms with van der Waals surface area (Å²) in [6.45, 7) is 2.85. The quantitative estimate of drug-likeness (QED) is 0.830. The van der Waals surface area contributed by atoms with Gasteiger partial charge >= 0.3 is 6.03 Å². The Morgan fingerprint density at radius 1 is 1.32 bits per heavy atom. The lowest BCUT2D eigenvalue weighted by Crippen LogP contribution is -2.55. The number of hydrogen-bond acceptors (Lipinski definition) is 4. The number of likely N-dealkylation sites (N-methyl/N-ethyl adjacent to an activating group) is 1. The number of likely N-dealkylation sites (tertiary alicyclic amines) is 1. The van der Waals surface area contributed by atoms with E-state index in [1.165, 1.54) is 12.0 Å². The summed E-state index contributed by atoms with van der Waals surface area (Å²) in [5, 5.41) is 3.26. The van der Waals surface area contributed by atoms with Gasteiger partial charge in [0.25, 0.3) is 11.8 Å². The maximum absolute atomic E-state index is 12.8. The second kappa shape index (κ2) is 6.55. The number of ether oxygens (including phenoxy) is 1. The van der Waals surface area contributed by atoms with Gasteiger partial charge in [-0.2, -0.15) is 0 Å². The largest absolute Gasteiger partial charge is 0.496 e. The second-order valence-electron chi connectivity index (χ2n) is 6.20. The van der Waals surface area contributed by atoms with E-state index in [1.807, 2.05) is 0 Å². The van der Waals surface area contributed by atoms with Crippen LogP contribution in [0.25, 0.3) is 0 Å². The topological polar surface area (TPSA) is 79.0 Å². The molecule has 25 heavy (non-hydrogen) atoms. The third kappa shape index (κ3) is 2.93. The van der Waals surface area contributed by atoms with Crippen LogP contribution in [0.15, 0.2) is 18.2 Å². The van der Waals surface area contributed by atoms with Crippen LogP contribution in [0.4, 0.5) is 4.79 Å². The van der Waals surface area contributed by atoms with E-state index in [0.29, 0.717) is 48.8 Å². The van der Waals surface area contributed by atoms with E-state index in [2.05, 4.69) is 5.32 Å². The highest BCUT2D eigenvalue weighted by Gasteiger charge is 2.52. The Bertz CT molecular complexity index is 729. The van der Waals surface area contributed by atoms with Crippen LogP contribution in [0, 0.1) is 0 Å². The average Bonchev–Trinajstić information content (AvgIpc) is 2.84. The molecule has 2 heterocycles. The molecule has 1 N–H and O–H groups in total. The molecule has 1 aromatic rings. The minimum absolute atomic E-state index is 0.196. The summed E-state index contributed by atoms with van der Waals surface area (Å²) in [4.78, 5) is 40.1. The monoisotopic (exact) mass is 365 g/mol. The number of benzene rings is 1. The van der Waals surface area contributed by atoms with Gasteiger partial charge < -0.3 is 15.0 Å². The standard InChI is InChI=1S/C17H20ClN3O4/c1-3-21-15(23)17(19-16(21)24)6-8-20(9-7-17)14(22)12-10-11(18)4-5-13(12)25-2/h4-5,10H,3,6-9H2,1-2H3,(H,19,24). The summed E-state index contributed by atoms with van der Waals surface area (Å²) in [5.74, 6) is 0.0582. The maximum Gasteiger partial charge on any atom is 0.325 e. The van der Waals surface area contributed by atoms with E-state index in [-0.39, 0.29) is 17.8 Å². The number of carbonyl (C=O) groups is 3. The zero-order valence-corrected chi connectivity index (χ0v) is 14.9. The van der Waals surface area contributed by atoms with E-state index in [1.54, 1.807) is 30.0 Å². The van der Waals surface area contributed by atoms with Crippen LogP contribution in [-0.2, 0) is 4.79 Å². The van der Waals surface area contributed by atoms with Gasteiger partial charge in [0.1, 0.15) is 11.3 Å². The first-order valence-electron chi connectivity index (χ1n) is 8.19. The third-order valence-electron chi connectivity index (χ3n) is 4.86. The van der Waals surface area contributed by atoms with Crippen LogP contribution in [0.1, 0.15) is 30.1 Å². The highest BCUT2D eigenvalue weighted by Crippen LogP contribution is 2.31. The molecule has 0 aromatic heterocycles. The second-order valence-corrected chi connectivity index (χ2v) is 6.63. The maximum atomic E-state index is 12.8. The Balaban J connectivity index is 1.75. The van der Waals surface area contributed by atoms with E-state index >= 15 is 0 Å². The molecule has 0 bridgehead atoms. The highest BCUT2D eigenvalue weighted by atomic mass is 35.5. The number of urea groups is 1. The van der Waals surface area contributed by atoms with Gasteiger partial charge in [-0.3, -0.25) is 14.5 Å². The van der Waals surface area contributed by atoms with Crippen LogP contribution in [0.5, 0.6) is 5.75 Å². The number of halogens is 1. The highest BCUT2D eigenvalue weighted by molar-refractivity contribution is 6.31. The third-order valence-corrected chi connectivity index (χ3v) is 5.09. The van der Waals surface area contributed by atoms with E-state index in [0.717, 1.165) is 0 Å². The number of imide groups is 1. The van der Waals surface area contributed by atoms with E-state index < -0.39 is 5.54 Å². The smallest absolute Gasteiger partial charge is 0.325 e. The number of piperidine rings is 1. The summed E-state index contributed by atoms with van der Waals surface area (Å²) in [6, 6.07) is 4.53. The Hall–Kier alpha value is -2.28. The molecule has 0 aliphatic carbocycles. The number of carbonyl (C=O) groups excluding carboxylic acids is 3. The summed E-state index contributed by atoms with van der Waals surface area (Å²) < 4.78 is 5.24. The zero-order chi connectivity index (χ0) is 18.2. The lowest BCUT2D eigenvalue weighted by atomic mass is 9.87. The van der Waals surface area contributed by atoms with Crippen molar-refractivity contribution in [3.63, 3.8) is 0 Å². The number of hydrogen-bond donors (Lipinski definition) is 1. The minimum atomic E-state index is -0.887. The van der Waals surface area contributed by atoms with Gasteiger partial charge in [-0.15, -0.1) is 0 Å². The lowest BCUT2D eigenvalue weighted by molar-refractivity contribution is -0.132. The normalized spacial score (nSPS) is 19.3. The van der Waals surface area contributed by atoms with Crippen molar-refractivity contribution >= 4 is 29.4 Å². The number of nitrogens with zero attached hydrogens (tertiary/aromatic N) is 2. The first-order valence-corrected chi connectivity index (χ1v) is 8.56. The van der Waals surface area contributed by atoms with Crippen LogP contribution in [0.2, 0.25) is 5.02 Å². The lowest BCUT2D eigenvalue weighted by Gasteiger charge is -2.37. The van der Waals surface area contributed by atoms with Crippen molar-refractivity contribution in [2.24, 2.45) is 0 Å². The Kier molecular flexibility index (Phi) is 4.60. The fraction of sp³-hybridized carbons (Fsp3) is 0.471. The molecular weight excluding hydrogens is 346 g/mol. The van der Waals surface area contributed by atoms with Crippen molar-refractivity contribution in [1.29, 1.82) is 0 Å². The number of nitrogens with one attached hydrogen (secondary N) is 1. The first kappa shape index (κ1) is 17.5.